The van der Waals surface area contributed by atoms with Gasteiger partial charge in [-0.25, -0.2) is 14.8 Å². The first-order chi connectivity index (χ1) is 14.1. The fraction of sp³-hybridized carbons (Fsp3) is 0.174. The molecule has 0 saturated carbocycles. The molecule has 0 amide bonds. The van der Waals surface area contributed by atoms with Crippen LogP contribution in [0.1, 0.15) is 35.5 Å². The van der Waals surface area contributed by atoms with Crippen LogP contribution >= 0.6 is 0 Å². The number of carbonyl (C=O) groups is 1. The van der Waals surface area contributed by atoms with Gasteiger partial charge in [-0.05, 0) is 60.0 Å². The minimum atomic E-state index is -0.930. The highest BCUT2D eigenvalue weighted by Gasteiger charge is 2.15. The summed E-state index contributed by atoms with van der Waals surface area (Å²) in [6.45, 7) is 4.16. The topological polar surface area (TPSA) is 88.3 Å². The highest BCUT2D eigenvalue weighted by molar-refractivity contribution is 5.95. The van der Waals surface area contributed by atoms with E-state index in [1.807, 2.05) is 36.4 Å². The van der Waals surface area contributed by atoms with Gasteiger partial charge in [-0.3, -0.25) is 0 Å². The van der Waals surface area contributed by atoms with Crippen molar-refractivity contribution in [1.29, 1.82) is 0 Å². The maximum absolute atomic E-state index is 11.2. The van der Waals surface area contributed by atoms with Gasteiger partial charge in [0.15, 0.2) is 11.6 Å². The molecule has 6 nitrogen and oxygen atoms in total. The molecule has 0 unspecified atom stereocenters. The van der Waals surface area contributed by atoms with Crippen LogP contribution in [0.4, 0.5) is 11.5 Å². The monoisotopic (exact) mass is 387 g/mol. The SMILES string of the molecule is CCc1nc(-c2ccco2)nc(Nc2ccc3cc(C(=O)O)ccc3c2)c1CC. The lowest BCUT2D eigenvalue weighted by Gasteiger charge is -2.15. The number of hydrogen-bond donors (Lipinski definition) is 2. The summed E-state index contributed by atoms with van der Waals surface area (Å²) in [4.78, 5) is 20.6. The Balaban J connectivity index is 1.75. The van der Waals surface area contributed by atoms with Gasteiger partial charge in [-0.2, -0.15) is 0 Å². The number of nitrogens with zero attached hydrogens (tertiary/aromatic N) is 2. The number of carboxylic acids is 1. The Morgan fingerprint density at radius 2 is 1.83 bits per heavy atom. The van der Waals surface area contributed by atoms with Crippen molar-refractivity contribution in [2.24, 2.45) is 0 Å². The molecule has 0 aliphatic rings. The van der Waals surface area contributed by atoms with Crippen LogP contribution in [-0.4, -0.2) is 21.0 Å². The molecular weight excluding hydrogens is 366 g/mol. The van der Waals surface area contributed by atoms with Crippen LogP contribution in [0.5, 0.6) is 0 Å². The molecule has 4 aromatic rings. The van der Waals surface area contributed by atoms with Gasteiger partial charge in [0, 0.05) is 16.9 Å². The van der Waals surface area contributed by atoms with Crippen LogP contribution in [0.25, 0.3) is 22.4 Å². The molecule has 0 bridgehead atoms. The molecule has 0 fully saturated rings. The molecule has 2 heterocycles. The molecule has 0 aliphatic carbocycles. The van der Waals surface area contributed by atoms with E-state index in [4.69, 9.17) is 9.40 Å². The number of carboxylic acid groups (broad SMARTS) is 1. The second-order valence-corrected chi connectivity index (χ2v) is 6.71. The normalized spacial score (nSPS) is 11.0. The maximum atomic E-state index is 11.2. The predicted octanol–water partition coefficient (Wildman–Crippen LogP) is 5.46. The lowest BCUT2D eigenvalue weighted by Crippen LogP contribution is -2.07. The fourth-order valence-corrected chi connectivity index (χ4v) is 3.41. The number of aromatic carboxylic acids is 1. The molecule has 0 saturated heterocycles. The van der Waals surface area contributed by atoms with Crippen molar-refractivity contribution in [3.8, 4) is 11.6 Å². The number of hydrogen-bond acceptors (Lipinski definition) is 5. The largest absolute Gasteiger partial charge is 0.478 e. The standard InChI is InChI=1S/C23H21N3O3/c1-3-18-19(4-2)25-22(20-6-5-11-29-20)26-21(18)24-17-10-9-14-12-16(23(27)28)8-7-15(14)13-17/h5-13H,3-4H2,1-2H3,(H,27,28)(H,24,25,26). The quantitative estimate of drug-likeness (QED) is 0.457. The predicted molar refractivity (Wildman–Crippen MR) is 113 cm³/mol. The van der Waals surface area contributed by atoms with Crippen molar-refractivity contribution in [1.82, 2.24) is 9.97 Å². The van der Waals surface area contributed by atoms with E-state index >= 15 is 0 Å². The third-order valence-electron chi connectivity index (χ3n) is 4.87. The van der Waals surface area contributed by atoms with Crippen molar-refractivity contribution in [2.45, 2.75) is 26.7 Å². The zero-order valence-corrected chi connectivity index (χ0v) is 16.3. The Morgan fingerprint density at radius 1 is 1.03 bits per heavy atom. The van der Waals surface area contributed by atoms with Gasteiger partial charge in [-0.15, -0.1) is 0 Å². The molecule has 2 N–H and O–H groups in total. The molecule has 0 spiro atoms. The van der Waals surface area contributed by atoms with Crippen LogP contribution in [0, 0.1) is 0 Å². The average Bonchev–Trinajstić information content (AvgIpc) is 3.27. The summed E-state index contributed by atoms with van der Waals surface area (Å²) >= 11 is 0. The van der Waals surface area contributed by atoms with Crippen LogP contribution in [-0.2, 0) is 12.8 Å². The minimum absolute atomic E-state index is 0.276. The van der Waals surface area contributed by atoms with Gasteiger partial charge < -0.3 is 14.8 Å². The Bertz CT molecular complexity index is 1180. The molecule has 29 heavy (non-hydrogen) atoms. The van der Waals surface area contributed by atoms with E-state index in [-0.39, 0.29) is 5.56 Å². The minimum Gasteiger partial charge on any atom is -0.478 e. The summed E-state index contributed by atoms with van der Waals surface area (Å²) in [5.41, 5.74) is 3.21. The van der Waals surface area contributed by atoms with Crippen molar-refractivity contribution in [3.63, 3.8) is 0 Å². The number of benzene rings is 2. The summed E-state index contributed by atoms with van der Waals surface area (Å²) < 4.78 is 5.49. The number of anilines is 2. The van der Waals surface area contributed by atoms with E-state index < -0.39 is 5.97 Å². The third-order valence-corrected chi connectivity index (χ3v) is 4.87. The molecule has 146 valence electrons. The number of rotatable bonds is 6. The summed E-state index contributed by atoms with van der Waals surface area (Å²) in [6.07, 6.45) is 3.21. The third kappa shape index (κ3) is 3.69. The molecule has 0 aliphatic heterocycles. The zero-order chi connectivity index (χ0) is 20.4. The summed E-state index contributed by atoms with van der Waals surface area (Å²) in [5, 5.41) is 14.4. The van der Waals surface area contributed by atoms with Crippen LogP contribution < -0.4 is 5.32 Å². The van der Waals surface area contributed by atoms with Crippen molar-refractivity contribution in [3.05, 3.63) is 71.6 Å². The van der Waals surface area contributed by atoms with E-state index in [1.54, 1.807) is 18.4 Å². The fourth-order valence-electron chi connectivity index (χ4n) is 3.41. The highest BCUT2D eigenvalue weighted by atomic mass is 16.4. The summed E-state index contributed by atoms with van der Waals surface area (Å²) in [5.74, 6) is 1.01. The number of aromatic nitrogens is 2. The number of nitrogens with one attached hydrogen (secondary N) is 1. The zero-order valence-electron chi connectivity index (χ0n) is 16.3. The molecule has 0 atom stereocenters. The number of fused-ring (bicyclic) bond motifs is 1. The van der Waals surface area contributed by atoms with Crippen molar-refractivity contribution < 1.29 is 14.3 Å². The van der Waals surface area contributed by atoms with Crippen LogP contribution in [0.3, 0.4) is 0 Å². The first-order valence-electron chi connectivity index (χ1n) is 9.56. The molecule has 0 radical (unpaired) electrons. The Hall–Kier alpha value is -3.67. The van der Waals surface area contributed by atoms with E-state index in [1.165, 1.54) is 0 Å². The first-order valence-corrected chi connectivity index (χ1v) is 9.56. The lowest BCUT2D eigenvalue weighted by molar-refractivity contribution is 0.0697. The summed E-state index contributed by atoms with van der Waals surface area (Å²) in [6, 6.07) is 14.6. The van der Waals surface area contributed by atoms with Gasteiger partial charge in [0.25, 0.3) is 0 Å². The average molecular weight is 387 g/mol. The molecular formula is C23H21N3O3. The second kappa shape index (κ2) is 7.75. The lowest BCUT2D eigenvalue weighted by atomic mass is 10.1. The van der Waals surface area contributed by atoms with E-state index in [2.05, 4.69) is 24.1 Å². The number of furan rings is 1. The Labute approximate surface area is 168 Å². The summed E-state index contributed by atoms with van der Waals surface area (Å²) in [7, 11) is 0. The smallest absolute Gasteiger partial charge is 0.335 e. The van der Waals surface area contributed by atoms with Gasteiger partial charge in [0.2, 0.25) is 0 Å². The van der Waals surface area contributed by atoms with Crippen molar-refractivity contribution >= 4 is 28.2 Å². The molecule has 6 heteroatoms. The second-order valence-electron chi connectivity index (χ2n) is 6.71. The van der Waals surface area contributed by atoms with E-state index in [0.29, 0.717) is 11.6 Å². The van der Waals surface area contributed by atoms with E-state index in [9.17, 15) is 9.90 Å². The first kappa shape index (κ1) is 18.7. The van der Waals surface area contributed by atoms with E-state index in [0.717, 1.165) is 46.4 Å². The Kier molecular flexibility index (Phi) is 4.99. The van der Waals surface area contributed by atoms with Gasteiger partial charge in [0.1, 0.15) is 5.82 Å². The maximum Gasteiger partial charge on any atom is 0.335 e. The van der Waals surface area contributed by atoms with Crippen LogP contribution in [0.2, 0.25) is 0 Å². The van der Waals surface area contributed by atoms with Gasteiger partial charge in [-0.1, -0.05) is 26.0 Å². The van der Waals surface area contributed by atoms with Gasteiger partial charge >= 0.3 is 5.97 Å². The Morgan fingerprint density at radius 3 is 2.52 bits per heavy atom. The molecule has 2 aromatic carbocycles. The molecule has 2 aromatic heterocycles. The van der Waals surface area contributed by atoms with Crippen LogP contribution in [0.15, 0.2) is 59.2 Å². The van der Waals surface area contributed by atoms with Crippen molar-refractivity contribution in [2.75, 3.05) is 5.32 Å². The number of aryl methyl sites for hydroxylation is 1. The van der Waals surface area contributed by atoms with Gasteiger partial charge in [0.05, 0.1) is 11.8 Å². The highest BCUT2D eigenvalue weighted by Crippen LogP contribution is 2.28. The molecule has 4 rings (SSSR count).